The molecule has 0 amide bonds. The molecule has 0 aliphatic heterocycles. The molecular formula is C31H28ClN7O5S2. The molecule has 4 aromatic rings. The Morgan fingerprint density at radius 2 is 1.74 bits per heavy atom. The third-order valence-corrected chi connectivity index (χ3v) is 8.55. The summed E-state index contributed by atoms with van der Waals surface area (Å²) in [6.45, 7) is 0.394. The summed E-state index contributed by atoms with van der Waals surface area (Å²) in [4.78, 5) is 32.3. The Kier molecular flexibility index (Phi) is 12.3. The normalized spacial score (nSPS) is 11.3. The lowest BCUT2D eigenvalue weighted by Crippen LogP contribution is -2.42. The van der Waals surface area contributed by atoms with Crippen molar-refractivity contribution in [3.63, 3.8) is 0 Å². The maximum atomic E-state index is 12.2. The van der Waals surface area contributed by atoms with Gasteiger partial charge in [-0.15, -0.1) is 11.3 Å². The molecule has 15 heteroatoms. The fourth-order valence-corrected chi connectivity index (χ4v) is 6.17. The zero-order valence-electron chi connectivity index (χ0n) is 24.2. The van der Waals surface area contributed by atoms with Gasteiger partial charge in [-0.05, 0) is 29.8 Å². The topological polar surface area (TPSA) is 210 Å². The van der Waals surface area contributed by atoms with E-state index in [1.807, 2.05) is 17.5 Å². The summed E-state index contributed by atoms with van der Waals surface area (Å²) >= 11 is 8.78. The Morgan fingerprint density at radius 1 is 1.04 bits per heavy atom. The van der Waals surface area contributed by atoms with Gasteiger partial charge in [0.1, 0.15) is 58.6 Å². The minimum atomic E-state index is -1.15. The van der Waals surface area contributed by atoms with E-state index in [2.05, 4.69) is 27.4 Å². The van der Waals surface area contributed by atoms with Gasteiger partial charge in [0.25, 0.3) is 0 Å². The molecule has 12 nitrogen and oxygen atoms in total. The molecule has 2 heterocycles. The Morgan fingerprint density at radius 3 is 2.39 bits per heavy atom. The minimum Gasteiger partial charge on any atom is -0.490 e. The number of esters is 1. The van der Waals surface area contributed by atoms with Gasteiger partial charge >= 0.3 is 11.9 Å². The number of thioether (sulfide) groups is 1. The number of aromatic nitrogens is 2. The lowest BCUT2D eigenvalue weighted by molar-refractivity contribution is -0.151. The fourth-order valence-electron chi connectivity index (χ4n) is 4.22. The standard InChI is InChI=1S/C31H28ClN7O5S2/c32-20-5-1-19(2-6-20)29-38-21(16-45-29)17-46-30-24(15-35)27(23(14-34)28(36)39-30)18-3-7-22(8-4-18)43-11-12-44-31(42)25(13-26(40)41)37-10-9-33/h1-8,16,25,37H,9-13,17,33H2,(H2,36,39)(H,40,41)/t25-/m0/s1. The van der Waals surface area contributed by atoms with Crippen molar-refractivity contribution in [2.24, 2.45) is 5.73 Å². The van der Waals surface area contributed by atoms with Crippen molar-refractivity contribution in [3.05, 3.63) is 75.8 Å². The smallest absolute Gasteiger partial charge is 0.323 e. The van der Waals surface area contributed by atoms with Crippen molar-refractivity contribution in [2.45, 2.75) is 23.2 Å². The molecule has 2 aromatic carbocycles. The van der Waals surface area contributed by atoms with Gasteiger partial charge in [0, 0.05) is 40.4 Å². The first-order chi connectivity index (χ1) is 22.2. The van der Waals surface area contributed by atoms with E-state index in [9.17, 15) is 20.1 Å². The van der Waals surface area contributed by atoms with Crippen molar-refractivity contribution in [1.82, 2.24) is 15.3 Å². The van der Waals surface area contributed by atoms with Crippen LogP contribution in [0.25, 0.3) is 21.7 Å². The van der Waals surface area contributed by atoms with Crippen LogP contribution in [-0.2, 0) is 20.1 Å². The molecule has 0 saturated heterocycles. The molecule has 0 saturated carbocycles. The molecule has 0 aliphatic carbocycles. The number of nitriles is 2. The first-order valence-electron chi connectivity index (χ1n) is 13.8. The zero-order chi connectivity index (χ0) is 33.1. The molecule has 0 bridgehead atoms. The molecule has 0 aliphatic rings. The third-order valence-electron chi connectivity index (χ3n) is 6.35. The number of carboxylic acids is 1. The van der Waals surface area contributed by atoms with Crippen molar-refractivity contribution in [2.75, 3.05) is 32.0 Å². The second-order valence-corrected chi connectivity index (χ2v) is 11.8. The number of benzene rings is 2. The van der Waals surface area contributed by atoms with Crippen molar-refractivity contribution < 1.29 is 24.2 Å². The van der Waals surface area contributed by atoms with Crippen LogP contribution in [0.15, 0.2) is 58.9 Å². The molecule has 46 heavy (non-hydrogen) atoms. The number of thiazole rings is 1. The Bertz CT molecular complexity index is 1770. The van der Waals surface area contributed by atoms with Crippen LogP contribution in [0.5, 0.6) is 5.75 Å². The van der Waals surface area contributed by atoms with Crippen molar-refractivity contribution in [3.8, 4) is 39.6 Å². The average Bonchev–Trinajstić information content (AvgIpc) is 3.53. The van der Waals surface area contributed by atoms with Gasteiger partial charge < -0.3 is 31.4 Å². The largest absolute Gasteiger partial charge is 0.490 e. The molecule has 236 valence electrons. The van der Waals surface area contributed by atoms with Crippen LogP contribution < -0.4 is 21.5 Å². The van der Waals surface area contributed by atoms with E-state index in [1.165, 1.54) is 23.1 Å². The zero-order valence-corrected chi connectivity index (χ0v) is 26.6. The van der Waals surface area contributed by atoms with Crippen LogP contribution in [-0.4, -0.2) is 59.4 Å². The number of anilines is 1. The van der Waals surface area contributed by atoms with E-state index in [4.69, 9.17) is 37.6 Å². The molecule has 2 aromatic heterocycles. The van der Waals surface area contributed by atoms with Crippen LogP contribution in [0, 0.1) is 22.7 Å². The molecule has 6 N–H and O–H groups in total. The number of hydrogen-bond acceptors (Lipinski definition) is 13. The Balaban J connectivity index is 1.43. The second-order valence-electron chi connectivity index (χ2n) is 9.52. The number of aliphatic carboxylic acids is 1. The number of ether oxygens (including phenoxy) is 2. The van der Waals surface area contributed by atoms with E-state index in [0.717, 1.165) is 16.3 Å². The number of pyridine rings is 1. The summed E-state index contributed by atoms with van der Waals surface area (Å²) in [5.41, 5.74) is 14.5. The number of nitrogens with one attached hydrogen (secondary N) is 1. The van der Waals surface area contributed by atoms with Gasteiger partial charge in [-0.25, -0.2) is 9.97 Å². The summed E-state index contributed by atoms with van der Waals surface area (Å²) in [5.74, 6) is -0.996. The molecule has 1 atom stereocenters. The van der Waals surface area contributed by atoms with Crippen LogP contribution in [0.4, 0.5) is 5.82 Å². The maximum Gasteiger partial charge on any atom is 0.323 e. The monoisotopic (exact) mass is 677 g/mol. The number of carboxylic acid groups (broad SMARTS) is 1. The second kappa shape index (κ2) is 16.6. The molecule has 0 fully saturated rings. The van der Waals surface area contributed by atoms with Crippen molar-refractivity contribution >= 4 is 52.5 Å². The Hall–Kier alpha value is -4.70. The van der Waals surface area contributed by atoms with Crippen LogP contribution in [0.1, 0.15) is 23.2 Å². The highest BCUT2D eigenvalue weighted by Crippen LogP contribution is 2.37. The van der Waals surface area contributed by atoms with Crippen LogP contribution in [0.2, 0.25) is 5.02 Å². The summed E-state index contributed by atoms with van der Waals surface area (Å²) in [7, 11) is 0. The van der Waals surface area contributed by atoms with Crippen molar-refractivity contribution in [1.29, 1.82) is 10.5 Å². The lowest BCUT2D eigenvalue weighted by Gasteiger charge is -2.16. The highest BCUT2D eigenvalue weighted by atomic mass is 35.5. The van der Waals surface area contributed by atoms with Gasteiger partial charge in [0.15, 0.2) is 0 Å². The van der Waals surface area contributed by atoms with Crippen LogP contribution >= 0.6 is 34.7 Å². The number of nitrogens with zero attached hydrogens (tertiary/aromatic N) is 4. The van der Waals surface area contributed by atoms with Gasteiger partial charge in [0.2, 0.25) is 0 Å². The molecule has 0 unspecified atom stereocenters. The Labute approximate surface area is 277 Å². The van der Waals surface area contributed by atoms with E-state index in [0.29, 0.717) is 32.7 Å². The van der Waals surface area contributed by atoms with Gasteiger partial charge in [-0.1, -0.05) is 47.6 Å². The molecule has 0 spiro atoms. The highest BCUT2D eigenvalue weighted by Gasteiger charge is 2.23. The predicted molar refractivity (Wildman–Crippen MR) is 175 cm³/mol. The number of hydrogen-bond donors (Lipinski definition) is 4. The summed E-state index contributed by atoms with van der Waals surface area (Å²) in [6, 6.07) is 17.3. The highest BCUT2D eigenvalue weighted by molar-refractivity contribution is 7.98. The number of carbonyl (C=O) groups excluding carboxylic acids is 1. The summed E-state index contributed by atoms with van der Waals surface area (Å²) in [5, 5.41) is 35.6. The molecule has 0 radical (unpaired) electrons. The number of nitrogens with two attached hydrogens (primary N) is 2. The number of halogens is 1. The first-order valence-corrected chi connectivity index (χ1v) is 16.0. The predicted octanol–water partition coefficient (Wildman–Crippen LogP) is 4.46. The quantitative estimate of drug-likeness (QED) is 0.0779. The van der Waals surface area contributed by atoms with E-state index < -0.39 is 24.4 Å². The van der Waals surface area contributed by atoms with Gasteiger partial charge in [0.05, 0.1) is 17.7 Å². The third kappa shape index (κ3) is 8.94. The summed E-state index contributed by atoms with van der Waals surface area (Å²) in [6.07, 6.45) is -0.438. The van der Waals surface area contributed by atoms with E-state index in [-0.39, 0.29) is 43.2 Å². The molecular weight excluding hydrogens is 650 g/mol. The van der Waals surface area contributed by atoms with Gasteiger partial charge in [-0.2, -0.15) is 10.5 Å². The van der Waals surface area contributed by atoms with Crippen LogP contribution in [0.3, 0.4) is 0 Å². The van der Waals surface area contributed by atoms with Gasteiger partial charge in [-0.3, -0.25) is 9.59 Å². The maximum absolute atomic E-state index is 12.2. The minimum absolute atomic E-state index is 0.00317. The fraction of sp³-hybridized carbons (Fsp3) is 0.226. The average molecular weight is 678 g/mol. The number of rotatable bonds is 15. The number of nitrogen functional groups attached to an aromatic ring is 1. The first kappa shape index (κ1) is 34.2. The molecule has 4 rings (SSSR count). The number of carbonyl (C=O) groups is 2. The lowest BCUT2D eigenvalue weighted by atomic mass is 9.97. The SMILES string of the molecule is N#Cc1c(N)nc(SCc2csc(-c3ccc(Cl)cc3)n2)c(C#N)c1-c1ccc(OCCOC(=O)[C@H](CC(=O)O)NCCN)cc1. The summed E-state index contributed by atoms with van der Waals surface area (Å²) < 4.78 is 10.8. The van der Waals surface area contributed by atoms with E-state index in [1.54, 1.807) is 36.4 Å². The van der Waals surface area contributed by atoms with E-state index >= 15 is 0 Å².